The maximum absolute atomic E-state index is 13.2. The van der Waals surface area contributed by atoms with Crippen LogP contribution in [0.25, 0.3) is 0 Å². The molecule has 3 nitrogen and oxygen atoms in total. The van der Waals surface area contributed by atoms with Gasteiger partial charge in [-0.2, -0.15) is 5.10 Å². The van der Waals surface area contributed by atoms with Crippen LogP contribution in [-0.4, -0.2) is 16.3 Å². The van der Waals surface area contributed by atoms with Gasteiger partial charge in [0.1, 0.15) is 5.82 Å². The fourth-order valence-corrected chi connectivity index (χ4v) is 2.99. The highest BCUT2D eigenvalue weighted by molar-refractivity contribution is 9.10. The first-order valence-corrected chi connectivity index (χ1v) is 8.04. The molecule has 2 rings (SSSR count). The summed E-state index contributed by atoms with van der Waals surface area (Å²) in [5.41, 5.74) is 3.33. The quantitative estimate of drug-likeness (QED) is 0.856. The number of nitrogens with one attached hydrogen (secondary N) is 1. The van der Waals surface area contributed by atoms with Gasteiger partial charge in [0.25, 0.3) is 0 Å². The van der Waals surface area contributed by atoms with Crippen LogP contribution in [0.4, 0.5) is 4.39 Å². The molecule has 2 aromatic rings. The molecule has 0 aliphatic carbocycles. The largest absolute Gasteiger partial charge is 0.309 e. The third-order valence-electron chi connectivity index (χ3n) is 3.58. The van der Waals surface area contributed by atoms with Crippen LogP contribution in [0.5, 0.6) is 0 Å². The molecule has 0 aliphatic rings. The van der Waals surface area contributed by atoms with E-state index >= 15 is 0 Å². The average Bonchev–Trinajstić information content (AvgIpc) is 2.82. The van der Waals surface area contributed by atoms with Gasteiger partial charge >= 0.3 is 0 Å². The molecule has 1 aromatic heterocycles. The van der Waals surface area contributed by atoms with Crippen molar-refractivity contribution in [1.29, 1.82) is 0 Å². The Morgan fingerprint density at radius 3 is 2.67 bits per heavy atom. The van der Waals surface area contributed by atoms with Crippen LogP contribution in [0, 0.1) is 5.82 Å². The molecule has 0 radical (unpaired) electrons. The van der Waals surface area contributed by atoms with Crippen molar-refractivity contribution in [3.05, 3.63) is 51.5 Å². The second-order valence-electron chi connectivity index (χ2n) is 5.09. The van der Waals surface area contributed by atoms with Crippen LogP contribution in [-0.2, 0) is 19.9 Å². The number of aromatic nitrogens is 2. The molecule has 0 spiro atoms. The molecular weight excluding hydrogens is 333 g/mol. The number of hydrogen-bond acceptors (Lipinski definition) is 2. The number of likely N-dealkylation sites (N-methyl/N-ethyl adjacent to an activating group) is 1. The maximum atomic E-state index is 13.2. The predicted octanol–water partition coefficient (Wildman–Crippen LogP) is 3.78. The Labute approximate surface area is 133 Å². The molecule has 114 valence electrons. The summed E-state index contributed by atoms with van der Waals surface area (Å²) in [6, 6.07) is 7.16. The summed E-state index contributed by atoms with van der Waals surface area (Å²) in [6.45, 7) is 5.06. The summed E-state index contributed by atoms with van der Waals surface area (Å²) in [4.78, 5) is 0. The van der Waals surface area contributed by atoms with Crippen molar-refractivity contribution >= 4 is 15.9 Å². The average molecular weight is 354 g/mol. The van der Waals surface area contributed by atoms with Crippen LogP contribution in [0.2, 0.25) is 0 Å². The van der Waals surface area contributed by atoms with Crippen molar-refractivity contribution in [3.63, 3.8) is 0 Å². The topological polar surface area (TPSA) is 29.9 Å². The minimum Gasteiger partial charge on any atom is -0.309 e. The van der Waals surface area contributed by atoms with Crippen molar-refractivity contribution in [2.45, 2.75) is 32.7 Å². The molecule has 0 saturated heterocycles. The first-order chi connectivity index (χ1) is 10.0. The number of benzene rings is 1. The van der Waals surface area contributed by atoms with Crippen LogP contribution in [0.15, 0.2) is 28.7 Å². The van der Waals surface area contributed by atoms with Crippen molar-refractivity contribution < 1.29 is 4.39 Å². The zero-order chi connectivity index (χ0) is 15.4. The lowest BCUT2D eigenvalue weighted by atomic mass is 10.0. The number of aryl methyl sites for hydroxylation is 2. The highest BCUT2D eigenvalue weighted by atomic mass is 79.9. The number of nitrogens with zero attached hydrogens (tertiary/aromatic N) is 2. The van der Waals surface area contributed by atoms with E-state index in [9.17, 15) is 4.39 Å². The van der Waals surface area contributed by atoms with Gasteiger partial charge in [0.05, 0.1) is 17.4 Å². The molecule has 21 heavy (non-hydrogen) atoms. The van der Waals surface area contributed by atoms with Gasteiger partial charge in [-0.05, 0) is 43.1 Å². The fourth-order valence-electron chi connectivity index (χ4n) is 2.48. The maximum Gasteiger partial charge on any atom is 0.124 e. The number of rotatable bonds is 6. The summed E-state index contributed by atoms with van der Waals surface area (Å²) < 4.78 is 16.0. The van der Waals surface area contributed by atoms with E-state index < -0.39 is 0 Å². The summed E-state index contributed by atoms with van der Waals surface area (Å²) in [5.74, 6) is -0.223. The van der Waals surface area contributed by atoms with Crippen LogP contribution in [0.1, 0.15) is 36.8 Å². The predicted molar refractivity (Wildman–Crippen MR) is 86.8 cm³/mol. The highest BCUT2D eigenvalue weighted by Gasteiger charge is 2.17. The van der Waals surface area contributed by atoms with Crippen LogP contribution < -0.4 is 5.32 Å². The monoisotopic (exact) mass is 353 g/mol. The smallest absolute Gasteiger partial charge is 0.124 e. The van der Waals surface area contributed by atoms with E-state index in [2.05, 4.69) is 46.3 Å². The Balaban J connectivity index is 2.28. The van der Waals surface area contributed by atoms with Crippen LogP contribution >= 0.6 is 15.9 Å². The lowest BCUT2D eigenvalue weighted by Crippen LogP contribution is -2.25. The highest BCUT2D eigenvalue weighted by Crippen LogP contribution is 2.25. The molecule has 0 saturated carbocycles. The lowest BCUT2D eigenvalue weighted by molar-refractivity contribution is 0.506. The van der Waals surface area contributed by atoms with Gasteiger partial charge < -0.3 is 5.32 Å². The third-order valence-corrected chi connectivity index (χ3v) is 4.31. The third kappa shape index (κ3) is 3.92. The molecule has 0 fully saturated rings. The van der Waals surface area contributed by atoms with E-state index in [1.165, 1.54) is 12.1 Å². The van der Waals surface area contributed by atoms with E-state index in [1.807, 2.05) is 17.8 Å². The molecule has 0 amide bonds. The molecule has 0 aliphatic heterocycles. The van der Waals surface area contributed by atoms with E-state index in [4.69, 9.17) is 0 Å². The summed E-state index contributed by atoms with van der Waals surface area (Å²) >= 11 is 3.45. The normalized spacial score (nSPS) is 12.6. The second kappa shape index (κ2) is 7.18. The second-order valence-corrected chi connectivity index (χ2v) is 5.94. The molecule has 1 atom stereocenters. The van der Waals surface area contributed by atoms with E-state index in [-0.39, 0.29) is 11.9 Å². The minimum atomic E-state index is -0.223. The van der Waals surface area contributed by atoms with E-state index in [1.54, 1.807) is 0 Å². The molecule has 1 aromatic carbocycles. The van der Waals surface area contributed by atoms with Crippen molar-refractivity contribution in [2.75, 3.05) is 6.54 Å². The van der Waals surface area contributed by atoms with Gasteiger partial charge in [-0.3, -0.25) is 4.68 Å². The fraction of sp³-hybridized carbons (Fsp3) is 0.438. The van der Waals surface area contributed by atoms with Gasteiger partial charge in [-0.1, -0.05) is 35.8 Å². The Kier molecular flexibility index (Phi) is 5.53. The number of halogens is 2. The van der Waals surface area contributed by atoms with E-state index in [0.717, 1.165) is 40.8 Å². The van der Waals surface area contributed by atoms with Crippen molar-refractivity contribution in [3.8, 4) is 0 Å². The Bertz CT molecular complexity index is 610. The van der Waals surface area contributed by atoms with Crippen LogP contribution in [0.3, 0.4) is 0 Å². The Morgan fingerprint density at radius 1 is 1.33 bits per heavy atom. The molecule has 1 heterocycles. The van der Waals surface area contributed by atoms with Gasteiger partial charge in [-0.25, -0.2) is 4.39 Å². The molecule has 1 unspecified atom stereocenters. The molecule has 5 heteroatoms. The van der Waals surface area contributed by atoms with E-state index in [0.29, 0.717) is 0 Å². The minimum absolute atomic E-state index is 0.162. The SMILES string of the molecule is CCNC(Cc1ccc(F)cc1Br)c1cc(CC)nn1C. The Hall–Kier alpha value is -1.20. The lowest BCUT2D eigenvalue weighted by Gasteiger charge is -2.19. The Morgan fingerprint density at radius 2 is 2.10 bits per heavy atom. The number of hydrogen-bond donors (Lipinski definition) is 1. The van der Waals surface area contributed by atoms with Gasteiger partial charge in [0.2, 0.25) is 0 Å². The summed E-state index contributed by atoms with van der Waals surface area (Å²) in [6.07, 6.45) is 1.71. The molecule has 0 bridgehead atoms. The van der Waals surface area contributed by atoms with Gasteiger partial charge in [-0.15, -0.1) is 0 Å². The first-order valence-electron chi connectivity index (χ1n) is 7.25. The molecular formula is C16H21BrFN3. The van der Waals surface area contributed by atoms with Crippen molar-refractivity contribution in [1.82, 2.24) is 15.1 Å². The first kappa shape index (κ1) is 16.2. The molecule has 1 N–H and O–H groups in total. The zero-order valence-corrected chi connectivity index (χ0v) is 14.2. The van der Waals surface area contributed by atoms with Gasteiger partial charge in [0.15, 0.2) is 0 Å². The van der Waals surface area contributed by atoms with Gasteiger partial charge in [0, 0.05) is 11.5 Å². The summed E-state index contributed by atoms with van der Waals surface area (Å²) in [7, 11) is 1.97. The summed E-state index contributed by atoms with van der Waals surface area (Å²) in [5, 5.41) is 8.01. The zero-order valence-electron chi connectivity index (χ0n) is 12.7. The van der Waals surface area contributed by atoms with Crippen molar-refractivity contribution in [2.24, 2.45) is 7.05 Å². The standard InChI is InChI=1S/C16H21BrFN3/c1-4-13-10-16(21(3)20-13)15(19-5-2)8-11-6-7-12(18)9-14(11)17/h6-7,9-10,15,19H,4-5,8H2,1-3H3.